The zero-order valence-corrected chi connectivity index (χ0v) is 7.93. The molecule has 0 radical (unpaired) electrons. The summed E-state index contributed by atoms with van der Waals surface area (Å²) in [5, 5.41) is 9.34. The summed E-state index contributed by atoms with van der Waals surface area (Å²) in [5.74, 6) is 1.24. The highest BCUT2D eigenvalue weighted by atomic mass is 16.3. The Hall–Kier alpha value is -1.36. The van der Waals surface area contributed by atoms with Crippen LogP contribution in [-0.2, 0) is 0 Å². The Morgan fingerprint density at radius 2 is 2.07 bits per heavy atom. The predicted molar refractivity (Wildman–Crippen MR) is 53.9 cm³/mol. The predicted octanol–water partition coefficient (Wildman–Crippen LogP) is 0.0199. The summed E-state index contributed by atoms with van der Waals surface area (Å²) in [6.45, 7) is 1.64. The number of rotatable bonds is 1. The number of nitrogens with two attached hydrogens (primary N) is 1. The van der Waals surface area contributed by atoms with Crippen LogP contribution in [0.5, 0.6) is 0 Å². The second-order valence-corrected chi connectivity index (χ2v) is 3.52. The number of nitrogen functional groups attached to an aromatic ring is 1. The molecular weight excluding hydrogens is 180 g/mol. The fraction of sp³-hybridized carbons (Fsp3) is 0.556. The largest absolute Gasteiger partial charge is 0.393 e. The van der Waals surface area contributed by atoms with Crippen LogP contribution in [0.3, 0.4) is 0 Å². The number of hydrogen-bond donors (Lipinski definition) is 2. The van der Waals surface area contributed by atoms with Crippen LogP contribution < -0.4 is 10.6 Å². The molecule has 5 nitrogen and oxygen atoms in total. The van der Waals surface area contributed by atoms with Crippen LogP contribution in [0, 0.1) is 0 Å². The Morgan fingerprint density at radius 1 is 1.36 bits per heavy atom. The highest BCUT2D eigenvalue weighted by Gasteiger charge is 2.18. The summed E-state index contributed by atoms with van der Waals surface area (Å²) in [6, 6.07) is 0. The Bertz CT molecular complexity index is 309. The molecule has 1 saturated heterocycles. The normalized spacial score (nSPS) is 18.5. The topological polar surface area (TPSA) is 75.3 Å². The molecule has 3 N–H and O–H groups in total. The average molecular weight is 194 g/mol. The van der Waals surface area contributed by atoms with Crippen molar-refractivity contribution in [2.45, 2.75) is 18.9 Å². The average Bonchev–Trinajstić information content (AvgIpc) is 2.19. The number of nitrogens with zero attached hydrogens (tertiary/aromatic N) is 3. The number of aromatic nitrogens is 2. The zero-order valence-electron chi connectivity index (χ0n) is 7.93. The van der Waals surface area contributed by atoms with Gasteiger partial charge in [0.25, 0.3) is 0 Å². The third kappa shape index (κ3) is 1.93. The van der Waals surface area contributed by atoms with Gasteiger partial charge in [0, 0.05) is 13.1 Å². The third-order valence-corrected chi connectivity index (χ3v) is 2.43. The molecule has 0 saturated carbocycles. The van der Waals surface area contributed by atoms with Crippen LogP contribution in [0.2, 0.25) is 0 Å². The van der Waals surface area contributed by atoms with Gasteiger partial charge in [-0.1, -0.05) is 0 Å². The molecule has 2 heterocycles. The van der Waals surface area contributed by atoms with Gasteiger partial charge in [0.15, 0.2) is 0 Å². The Labute approximate surface area is 82.6 Å². The second kappa shape index (κ2) is 3.79. The molecule has 0 spiro atoms. The zero-order chi connectivity index (χ0) is 9.97. The lowest BCUT2D eigenvalue weighted by Crippen LogP contribution is -2.36. The maximum atomic E-state index is 9.34. The lowest BCUT2D eigenvalue weighted by Gasteiger charge is -2.30. The van der Waals surface area contributed by atoms with Gasteiger partial charge in [-0.3, -0.25) is 4.98 Å². The van der Waals surface area contributed by atoms with Crippen molar-refractivity contribution in [2.75, 3.05) is 23.7 Å². The van der Waals surface area contributed by atoms with Crippen molar-refractivity contribution in [3.05, 3.63) is 12.4 Å². The molecule has 1 aromatic rings. The number of aliphatic hydroxyl groups is 1. The van der Waals surface area contributed by atoms with Gasteiger partial charge < -0.3 is 15.7 Å². The first-order chi connectivity index (χ1) is 6.75. The maximum absolute atomic E-state index is 9.34. The van der Waals surface area contributed by atoms with Gasteiger partial charge in [0.2, 0.25) is 0 Å². The van der Waals surface area contributed by atoms with Gasteiger partial charge >= 0.3 is 0 Å². The summed E-state index contributed by atoms with van der Waals surface area (Å²) >= 11 is 0. The van der Waals surface area contributed by atoms with E-state index >= 15 is 0 Å². The Morgan fingerprint density at radius 3 is 2.71 bits per heavy atom. The van der Waals surface area contributed by atoms with Crippen molar-refractivity contribution >= 4 is 11.6 Å². The quantitative estimate of drug-likeness (QED) is 0.659. The van der Waals surface area contributed by atoms with Crippen LogP contribution in [0.4, 0.5) is 11.6 Å². The Kier molecular flexibility index (Phi) is 2.49. The van der Waals surface area contributed by atoms with Crippen molar-refractivity contribution in [1.82, 2.24) is 9.97 Å². The summed E-state index contributed by atoms with van der Waals surface area (Å²) in [6.07, 6.45) is 4.64. The number of piperidine rings is 1. The van der Waals surface area contributed by atoms with E-state index < -0.39 is 0 Å². The van der Waals surface area contributed by atoms with E-state index in [4.69, 9.17) is 5.73 Å². The van der Waals surface area contributed by atoms with E-state index in [0.29, 0.717) is 5.82 Å². The standard InChI is InChI=1S/C9H14N4O/c10-8-5-11-6-9(12-8)13-3-1-7(14)2-4-13/h5-7,14H,1-4H2,(H2,10,12). The summed E-state index contributed by atoms with van der Waals surface area (Å²) < 4.78 is 0. The molecule has 1 fully saturated rings. The van der Waals surface area contributed by atoms with E-state index in [2.05, 4.69) is 14.9 Å². The van der Waals surface area contributed by atoms with E-state index in [1.54, 1.807) is 6.20 Å². The van der Waals surface area contributed by atoms with Crippen molar-refractivity contribution in [3.63, 3.8) is 0 Å². The van der Waals surface area contributed by atoms with Gasteiger partial charge in [-0.15, -0.1) is 0 Å². The van der Waals surface area contributed by atoms with Crippen molar-refractivity contribution < 1.29 is 5.11 Å². The molecule has 0 bridgehead atoms. The van der Waals surface area contributed by atoms with Gasteiger partial charge in [-0.2, -0.15) is 0 Å². The van der Waals surface area contributed by atoms with Gasteiger partial charge in [0.05, 0.1) is 18.5 Å². The molecule has 76 valence electrons. The lowest BCUT2D eigenvalue weighted by molar-refractivity contribution is 0.145. The Balaban J connectivity index is 2.08. The van der Waals surface area contributed by atoms with Gasteiger partial charge in [0.1, 0.15) is 11.6 Å². The summed E-state index contributed by atoms with van der Waals surface area (Å²) in [4.78, 5) is 10.3. The smallest absolute Gasteiger partial charge is 0.149 e. The van der Waals surface area contributed by atoms with E-state index in [9.17, 15) is 5.11 Å². The van der Waals surface area contributed by atoms with Crippen LogP contribution in [0.15, 0.2) is 12.4 Å². The molecule has 0 aromatic carbocycles. The first-order valence-electron chi connectivity index (χ1n) is 4.76. The highest BCUT2D eigenvalue weighted by molar-refractivity contribution is 5.41. The molecule has 1 aliphatic rings. The number of anilines is 2. The van der Waals surface area contributed by atoms with E-state index in [0.717, 1.165) is 31.7 Å². The molecule has 5 heteroatoms. The minimum atomic E-state index is -0.166. The molecule has 1 aliphatic heterocycles. The summed E-state index contributed by atoms with van der Waals surface area (Å²) in [5.41, 5.74) is 5.54. The molecular formula is C9H14N4O. The van der Waals surface area contributed by atoms with Crippen LogP contribution >= 0.6 is 0 Å². The van der Waals surface area contributed by atoms with Crippen LogP contribution in [-0.4, -0.2) is 34.3 Å². The molecule has 0 aliphatic carbocycles. The molecule has 0 unspecified atom stereocenters. The minimum absolute atomic E-state index is 0.166. The van der Waals surface area contributed by atoms with E-state index in [-0.39, 0.29) is 6.10 Å². The molecule has 1 aromatic heterocycles. The fourth-order valence-electron chi connectivity index (χ4n) is 1.62. The molecule has 0 amide bonds. The second-order valence-electron chi connectivity index (χ2n) is 3.52. The van der Waals surface area contributed by atoms with Crippen molar-refractivity contribution in [2.24, 2.45) is 0 Å². The van der Waals surface area contributed by atoms with Crippen LogP contribution in [0.25, 0.3) is 0 Å². The SMILES string of the molecule is Nc1cncc(N2CCC(O)CC2)n1. The third-order valence-electron chi connectivity index (χ3n) is 2.43. The first kappa shape index (κ1) is 9.21. The monoisotopic (exact) mass is 194 g/mol. The molecule has 2 rings (SSSR count). The number of hydrogen-bond acceptors (Lipinski definition) is 5. The van der Waals surface area contributed by atoms with E-state index in [1.807, 2.05) is 0 Å². The van der Waals surface area contributed by atoms with Crippen molar-refractivity contribution in [1.29, 1.82) is 0 Å². The molecule has 14 heavy (non-hydrogen) atoms. The maximum Gasteiger partial charge on any atom is 0.149 e. The highest BCUT2D eigenvalue weighted by Crippen LogP contribution is 2.17. The van der Waals surface area contributed by atoms with Crippen LogP contribution in [0.1, 0.15) is 12.8 Å². The molecule has 0 atom stereocenters. The van der Waals surface area contributed by atoms with Gasteiger partial charge in [-0.05, 0) is 12.8 Å². The van der Waals surface area contributed by atoms with Crippen molar-refractivity contribution in [3.8, 4) is 0 Å². The fourth-order valence-corrected chi connectivity index (χ4v) is 1.62. The summed E-state index contributed by atoms with van der Waals surface area (Å²) in [7, 11) is 0. The van der Waals surface area contributed by atoms with E-state index in [1.165, 1.54) is 6.20 Å². The first-order valence-corrected chi connectivity index (χ1v) is 4.76. The van der Waals surface area contributed by atoms with Gasteiger partial charge in [-0.25, -0.2) is 4.98 Å². The number of aliphatic hydroxyl groups excluding tert-OH is 1. The minimum Gasteiger partial charge on any atom is -0.393 e. The lowest BCUT2D eigenvalue weighted by atomic mass is 10.1.